The van der Waals surface area contributed by atoms with Gasteiger partial charge in [-0.1, -0.05) is 43.2 Å². The Kier molecular flexibility index (Phi) is 3.20. The van der Waals surface area contributed by atoms with E-state index in [0.29, 0.717) is 6.04 Å². The molecule has 0 bridgehead atoms. The van der Waals surface area contributed by atoms with Gasteiger partial charge in [0.25, 0.3) is 0 Å². The molecule has 1 heteroatoms. The molecule has 0 heterocycles. The first-order valence-electron chi connectivity index (χ1n) is 5.64. The summed E-state index contributed by atoms with van der Waals surface area (Å²) in [5.41, 5.74) is 7.44. The molecule has 0 aromatic heterocycles. The van der Waals surface area contributed by atoms with E-state index in [4.69, 9.17) is 5.73 Å². The van der Waals surface area contributed by atoms with Crippen LogP contribution in [0.25, 0.3) is 0 Å². The van der Waals surface area contributed by atoms with Gasteiger partial charge >= 0.3 is 0 Å². The first-order valence-corrected chi connectivity index (χ1v) is 5.64. The van der Waals surface area contributed by atoms with Gasteiger partial charge in [-0.15, -0.1) is 0 Å². The third kappa shape index (κ3) is 2.58. The average Bonchev–Trinajstić information content (AvgIpc) is 2.19. The van der Waals surface area contributed by atoms with E-state index in [0.717, 1.165) is 5.92 Å². The van der Waals surface area contributed by atoms with Gasteiger partial charge in [0.1, 0.15) is 0 Å². The minimum atomic E-state index is 0.456. The lowest BCUT2D eigenvalue weighted by molar-refractivity contribution is 0.321. The molecule has 0 spiro atoms. The lowest BCUT2D eigenvalue weighted by Crippen LogP contribution is -2.28. The normalized spacial score (nSPS) is 27.5. The minimum absolute atomic E-state index is 0.456. The van der Waals surface area contributed by atoms with Crippen molar-refractivity contribution in [3.63, 3.8) is 0 Å². The second-order valence-electron chi connectivity index (χ2n) is 4.48. The molecule has 2 atom stereocenters. The molecule has 1 aliphatic rings. The van der Waals surface area contributed by atoms with Crippen molar-refractivity contribution in [3.05, 3.63) is 35.9 Å². The maximum absolute atomic E-state index is 5.98. The molecule has 0 aliphatic heterocycles. The van der Waals surface area contributed by atoms with Gasteiger partial charge in [0.15, 0.2) is 0 Å². The van der Waals surface area contributed by atoms with E-state index in [2.05, 4.69) is 30.3 Å². The summed E-state index contributed by atoms with van der Waals surface area (Å²) in [5.74, 6) is 0.821. The first kappa shape index (κ1) is 9.72. The van der Waals surface area contributed by atoms with Crippen molar-refractivity contribution >= 4 is 0 Å². The molecular weight excluding hydrogens is 170 g/mol. The molecule has 1 saturated carbocycles. The lowest BCUT2D eigenvalue weighted by Gasteiger charge is -2.26. The number of hydrogen-bond donors (Lipinski definition) is 1. The smallest absolute Gasteiger partial charge is 0.00415 e. The molecule has 0 saturated heterocycles. The fraction of sp³-hybridized carbons (Fsp3) is 0.538. The molecule has 14 heavy (non-hydrogen) atoms. The van der Waals surface area contributed by atoms with Gasteiger partial charge in [0.2, 0.25) is 0 Å². The Labute approximate surface area is 86.3 Å². The minimum Gasteiger partial charge on any atom is -0.328 e. The molecule has 1 fully saturated rings. The largest absolute Gasteiger partial charge is 0.328 e. The van der Waals surface area contributed by atoms with Crippen molar-refractivity contribution in [2.24, 2.45) is 11.7 Å². The zero-order valence-electron chi connectivity index (χ0n) is 8.65. The Hall–Kier alpha value is -0.820. The van der Waals surface area contributed by atoms with E-state index in [1.165, 1.54) is 37.7 Å². The third-order valence-electron chi connectivity index (χ3n) is 3.19. The zero-order valence-corrected chi connectivity index (χ0v) is 8.65. The summed E-state index contributed by atoms with van der Waals surface area (Å²) in [5, 5.41) is 0. The monoisotopic (exact) mass is 189 g/mol. The predicted molar refractivity (Wildman–Crippen MR) is 60.1 cm³/mol. The van der Waals surface area contributed by atoms with Crippen molar-refractivity contribution in [2.75, 3.05) is 0 Å². The standard InChI is InChI=1S/C13H19N/c14-13-8-4-7-12(10-13)9-11-5-2-1-3-6-11/h1-3,5-6,12-13H,4,7-10,14H2/t12-,13?/m0/s1. The van der Waals surface area contributed by atoms with E-state index in [-0.39, 0.29) is 0 Å². The van der Waals surface area contributed by atoms with Crippen LogP contribution in [0.4, 0.5) is 0 Å². The van der Waals surface area contributed by atoms with Crippen LogP contribution in [-0.4, -0.2) is 6.04 Å². The van der Waals surface area contributed by atoms with Crippen molar-refractivity contribution in [3.8, 4) is 0 Å². The molecule has 76 valence electrons. The van der Waals surface area contributed by atoms with Crippen molar-refractivity contribution in [1.82, 2.24) is 0 Å². The van der Waals surface area contributed by atoms with Crippen LogP contribution in [0.5, 0.6) is 0 Å². The highest BCUT2D eigenvalue weighted by molar-refractivity contribution is 5.15. The summed E-state index contributed by atoms with van der Waals surface area (Å²) in [6, 6.07) is 11.2. The van der Waals surface area contributed by atoms with Crippen molar-refractivity contribution < 1.29 is 0 Å². The van der Waals surface area contributed by atoms with Gasteiger partial charge in [0, 0.05) is 6.04 Å². The molecule has 1 nitrogen and oxygen atoms in total. The van der Waals surface area contributed by atoms with Crippen LogP contribution in [0.15, 0.2) is 30.3 Å². The second kappa shape index (κ2) is 4.61. The van der Waals surface area contributed by atoms with Gasteiger partial charge in [-0.3, -0.25) is 0 Å². The van der Waals surface area contributed by atoms with E-state index < -0.39 is 0 Å². The Morgan fingerprint density at radius 2 is 1.93 bits per heavy atom. The first-order chi connectivity index (χ1) is 6.84. The van der Waals surface area contributed by atoms with E-state index >= 15 is 0 Å². The van der Waals surface area contributed by atoms with Crippen LogP contribution in [0.1, 0.15) is 31.2 Å². The van der Waals surface area contributed by atoms with Crippen LogP contribution in [0.2, 0.25) is 0 Å². The maximum atomic E-state index is 5.98. The summed E-state index contributed by atoms with van der Waals surface area (Å²) < 4.78 is 0. The zero-order chi connectivity index (χ0) is 9.80. The summed E-state index contributed by atoms with van der Waals surface area (Å²) >= 11 is 0. The quantitative estimate of drug-likeness (QED) is 0.760. The second-order valence-corrected chi connectivity index (χ2v) is 4.48. The predicted octanol–water partition coefficient (Wildman–Crippen LogP) is 2.75. The van der Waals surface area contributed by atoms with Crippen LogP contribution < -0.4 is 5.73 Å². The topological polar surface area (TPSA) is 26.0 Å². The van der Waals surface area contributed by atoms with Crippen molar-refractivity contribution in [1.29, 1.82) is 0 Å². The van der Waals surface area contributed by atoms with Crippen LogP contribution in [0, 0.1) is 5.92 Å². The number of rotatable bonds is 2. The van der Waals surface area contributed by atoms with Gasteiger partial charge in [-0.25, -0.2) is 0 Å². The highest BCUT2D eigenvalue weighted by Gasteiger charge is 2.18. The average molecular weight is 189 g/mol. The van der Waals surface area contributed by atoms with Gasteiger partial charge in [0.05, 0.1) is 0 Å². The van der Waals surface area contributed by atoms with E-state index in [9.17, 15) is 0 Å². The van der Waals surface area contributed by atoms with E-state index in [1.807, 2.05) is 0 Å². The fourth-order valence-corrected chi connectivity index (χ4v) is 2.47. The number of hydrogen-bond acceptors (Lipinski definition) is 1. The Bertz CT molecular complexity index is 268. The molecule has 1 aromatic carbocycles. The fourth-order valence-electron chi connectivity index (χ4n) is 2.47. The lowest BCUT2D eigenvalue weighted by atomic mass is 9.82. The van der Waals surface area contributed by atoms with Gasteiger partial charge < -0.3 is 5.73 Å². The maximum Gasteiger partial charge on any atom is 0.00415 e. The van der Waals surface area contributed by atoms with E-state index in [1.54, 1.807) is 0 Å². The number of nitrogens with two attached hydrogens (primary N) is 1. The van der Waals surface area contributed by atoms with Crippen LogP contribution >= 0.6 is 0 Å². The Morgan fingerprint density at radius 3 is 2.64 bits per heavy atom. The molecule has 2 rings (SSSR count). The SMILES string of the molecule is NC1CCC[C@@H](Cc2ccccc2)C1. The summed E-state index contributed by atoms with van der Waals surface area (Å²) in [6.07, 6.45) is 6.34. The molecule has 1 aromatic rings. The summed E-state index contributed by atoms with van der Waals surface area (Å²) in [4.78, 5) is 0. The van der Waals surface area contributed by atoms with Crippen LogP contribution in [-0.2, 0) is 6.42 Å². The Morgan fingerprint density at radius 1 is 1.14 bits per heavy atom. The van der Waals surface area contributed by atoms with Crippen molar-refractivity contribution in [2.45, 2.75) is 38.1 Å². The summed E-state index contributed by atoms with van der Waals surface area (Å²) in [6.45, 7) is 0. The molecule has 0 amide bonds. The van der Waals surface area contributed by atoms with Crippen LogP contribution in [0.3, 0.4) is 0 Å². The Balaban J connectivity index is 1.91. The third-order valence-corrected chi connectivity index (χ3v) is 3.19. The van der Waals surface area contributed by atoms with Gasteiger partial charge in [-0.2, -0.15) is 0 Å². The highest BCUT2D eigenvalue weighted by Crippen LogP contribution is 2.26. The highest BCUT2D eigenvalue weighted by atomic mass is 14.6. The molecule has 2 N–H and O–H groups in total. The molecule has 1 unspecified atom stereocenters. The molecule has 1 aliphatic carbocycles. The number of benzene rings is 1. The van der Waals surface area contributed by atoms with Gasteiger partial charge in [-0.05, 0) is 30.7 Å². The molecular formula is C13H19N. The molecule has 0 radical (unpaired) electrons. The summed E-state index contributed by atoms with van der Waals surface area (Å²) in [7, 11) is 0.